The first kappa shape index (κ1) is 20.6. The maximum Gasteiger partial charge on any atom is 0.205 e. The number of furan rings is 1. The lowest BCUT2D eigenvalue weighted by Crippen LogP contribution is -2.29. The number of nitrogen functional groups attached to an aromatic ring is 1. The minimum atomic E-state index is -0.192. The van der Waals surface area contributed by atoms with Gasteiger partial charge in [-0.2, -0.15) is 5.10 Å². The molecule has 4 heterocycles. The van der Waals surface area contributed by atoms with E-state index < -0.39 is 0 Å². The highest BCUT2D eigenvalue weighted by Crippen LogP contribution is 2.40. The fourth-order valence-electron chi connectivity index (χ4n) is 4.77. The standard InChI is InChI=1S/C25H29N5O2/c1-15-5-4-6-16(2)22(15)17(3)32-24-23-20(12-28-25(24)26)21(14-31-23)18-11-29-30(13-18)19-7-9-27-10-8-19/h4-6,11-14,17,19,27H,7-10H2,1-3H3,(H2,26,28). The molecule has 1 aliphatic rings. The summed E-state index contributed by atoms with van der Waals surface area (Å²) in [5, 5.41) is 8.89. The first-order valence-corrected chi connectivity index (χ1v) is 11.2. The normalized spacial score (nSPS) is 15.8. The molecule has 3 N–H and O–H groups in total. The topological polar surface area (TPSA) is 91.1 Å². The SMILES string of the molecule is Cc1cccc(C)c1C(C)Oc1c(N)ncc2c(-c3cnn(C4CCNCC4)c3)coc12. The molecule has 0 radical (unpaired) electrons. The van der Waals surface area contributed by atoms with Crippen molar-refractivity contribution in [3.63, 3.8) is 0 Å². The summed E-state index contributed by atoms with van der Waals surface area (Å²) in [6.07, 6.45) is 9.45. The molecule has 1 atom stereocenters. The van der Waals surface area contributed by atoms with Gasteiger partial charge >= 0.3 is 0 Å². The van der Waals surface area contributed by atoms with E-state index in [4.69, 9.17) is 14.9 Å². The van der Waals surface area contributed by atoms with Crippen LogP contribution in [0.4, 0.5) is 5.82 Å². The van der Waals surface area contributed by atoms with Crippen LogP contribution in [0.2, 0.25) is 0 Å². The monoisotopic (exact) mass is 431 g/mol. The smallest absolute Gasteiger partial charge is 0.205 e. The van der Waals surface area contributed by atoms with Crippen LogP contribution in [-0.4, -0.2) is 27.9 Å². The Morgan fingerprint density at radius 2 is 1.94 bits per heavy atom. The van der Waals surface area contributed by atoms with Crippen LogP contribution >= 0.6 is 0 Å². The Kier molecular flexibility index (Phi) is 5.35. The van der Waals surface area contributed by atoms with Gasteiger partial charge in [0.2, 0.25) is 5.75 Å². The Hall–Kier alpha value is -3.32. The van der Waals surface area contributed by atoms with Crippen LogP contribution in [0.1, 0.15) is 48.6 Å². The summed E-state index contributed by atoms with van der Waals surface area (Å²) < 4.78 is 14.4. The van der Waals surface area contributed by atoms with E-state index in [9.17, 15) is 0 Å². The Balaban J connectivity index is 1.49. The van der Waals surface area contributed by atoms with E-state index >= 15 is 0 Å². The zero-order chi connectivity index (χ0) is 22.2. The third-order valence-corrected chi connectivity index (χ3v) is 6.44. The van der Waals surface area contributed by atoms with Crippen molar-refractivity contribution in [1.82, 2.24) is 20.1 Å². The van der Waals surface area contributed by atoms with Gasteiger partial charge in [-0.05, 0) is 63.4 Å². The molecule has 0 aliphatic carbocycles. The summed E-state index contributed by atoms with van der Waals surface area (Å²) in [7, 11) is 0. The number of pyridine rings is 1. The highest BCUT2D eigenvalue weighted by atomic mass is 16.5. The molecular formula is C25H29N5O2. The van der Waals surface area contributed by atoms with E-state index in [-0.39, 0.29) is 6.10 Å². The summed E-state index contributed by atoms with van der Waals surface area (Å²) in [6.45, 7) is 8.26. The van der Waals surface area contributed by atoms with Crippen molar-refractivity contribution in [2.75, 3.05) is 18.8 Å². The molecule has 0 spiro atoms. The third kappa shape index (κ3) is 3.62. The zero-order valence-corrected chi connectivity index (χ0v) is 18.8. The zero-order valence-electron chi connectivity index (χ0n) is 18.8. The van der Waals surface area contributed by atoms with Gasteiger partial charge in [0.15, 0.2) is 11.4 Å². The molecule has 32 heavy (non-hydrogen) atoms. The number of rotatable bonds is 5. The summed E-state index contributed by atoms with van der Waals surface area (Å²) in [5.74, 6) is 0.802. The van der Waals surface area contributed by atoms with Crippen molar-refractivity contribution in [3.8, 4) is 16.9 Å². The van der Waals surface area contributed by atoms with Gasteiger partial charge in [-0.15, -0.1) is 0 Å². The fraction of sp³-hybridized carbons (Fsp3) is 0.360. The first-order chi connectivity index (χ1) is 15.5. The highest BCUT2D eigenvalue weighted by molar-refractivity contribution is 5.97. The molecular weight excluding hydrogens is 402 g/mol. The molecule has 1 fully saturated rings. The van der Waals surface area contributed by atoms with Crippen LogP contribution in [0.15, 0.2) is 47.5 Å². The Morgan fingerprint density at radius 3 is 2.69 bits per heavy atom. The molecule has 1 unspecified atom stereocenters. The lowest BCUT2D eigenvalue weighted by atomic mass is 9.99. The number of benzene rings is 1. The molecule has 0 bridgehead atoms. The van der Waals surface area contributed by atoms with E-state index in [1.807, 2.05) is 13.1 Å². The van der Waals surface area contributed by atoms with E-state index in [0.717, 1.165) is 48.0 Å². The number of nitrogens with two attached hydrogens (primary N) is 1. The predicted octanol–water partition coefficient (Wildman–Crippen LogP) is 4.95. The molecule has 0 amide bonds. The maximum absolute atomic E-state index is 6.35. The molecule has 166 valence electrons. The van der Waals surface area contributed by atoms with Gasteiger partial charge in [0.05, 0.1) is 17.6 Å². The van der Waals surface area contributed by atoms with E-state index in [1.165, 1.54) is 11.1 Å². The predicted molar refractivity (Wildman–Crippen MR) is 126 cm³/mol. The fourth-order valence-corrected chi connectivity index (χ4v) is 4.77. The van der Waals surface area contributed by atoms with Crippen LogP contribution in [0.5, 0.6) is 5.75 Å². The summed E-state index contributed by atoms with van der Waals surface area (Å²) in [4.78, 5) is 4.41. The summed E-state index contributed by atoms with van der Waals surface area (Å²) in [6, 6.07) is 6.67. The second-order valence-corrected chi connectivity index (χ2v) is 8.62. The van der Waals surface area contributed by atoms with Crippen LogP contribution in [0, 0.1) is 13.8 Å². The Bertz CT molecular complexity index is 1230. The average molecular weight is 432 g/mol. The number of fused-ring (bicyclic) bond motifs is 1. The molecule has 1 aromatic carbocycles. The lowest BCUT2D eigenvalue weighted by Gasteiger charge is -2.22. The van der Waals surface area contributed by atoms with Gasteiger partial charge in [-0.3, -0.25) is 4.68 Å². The van der Waals surface area contributed by atoms with Crippen LogP contribution in [0.25, 0.3) is 22.1 Å². The number of ether oxygens (including phenoxy) is 1. The summed E-state index contributed by atoms with van der Waals surface area (Å²) >= 11 is 0. The number of hydrogen-bond donors (Lipinski definition) is 2. The van der Waals surface area contributed by atoms with Crippen LogP contribution in [-0.2, 0) is 0 Å². The quantitative estimate of drug-likeness (QED) is 0.464. The number of aryl methyl sites for hydroxylation is 2. The second-order valence-electron chi connectivity index (χ2n) is 8.62. The average Bonchev–Trinajstić information content (AvgIpc) is 3.43. The molecule has 4 aromatic rings. The van der Waals surface area contributed by atoms with Gasteiger partial charge < -0.3 is 20.2 Å². The number of nitrogens with one attached hydrogen (secondary N) is 1. The number of hydrogen-bond acceptors (Lipinski definition) is 6. The minimum Gasteiger partial charge on any atom is -0.478 e. The van der Waals surface area contributed by atoms with Gasteiger partial charge in [-0.25, -0.2) is 4.98 Å². The van der Waals surface area contributed by atoms with Crippen molar-refractivity contribution in [2.45, 2.75) is 45.8 Å². The van der Waals surface area contributed by atoms with Crippen molar-refractivity contribution < 1.29 is 9.15 Å². The number of aromatic nitrogens is 3. The van der Waals surface area contributed by atoms with Gasteiger partial charge in [0.25, 0.3) is 0 Å². The maximum atomic E-state index is 6.35. The van der Waals surface area contributed by atoms with E-state index in [0.29, 0.717) is 23.2 Å². The second kappa shape index (κ2) is 8.31. The minimum absolute atomic E-state index is 0.192. The Morgan fingerprint density at radius 1 is 1.19 bits per heavy atom. The van der Waals surface area contributed by atoms with Gasteiger partial charge in [-0.1, -0.05) is 18.2 Å². The third-order valence-electron chi connectivity index (χ3n) is 6.44. The first-order valence-electron chi connectivity index (χ1n) is 11.2. The van der Waals surface area contributed by atoms with Crippen molar-refractivity contribution in [3.05, 3.63) is 59.7 Å². The van der Waals surface area contributed by atoms with E-state index in [1.54, 1.807) is 12.5 Å². The molecule has 5 rings (SSSR count). The molecule has 1 saturated heterocycles. The van der Waals surface area contributed by atoms with Crippen molar-refractivity contribution in [1.29, 1.82) is 0 Å². The van der Waals surface area contributed by atoms with Crippen LogP contribution in [0.3, 0.4) is 0 Å². The van der Waals surface area contributed by atoms with E-state index in [2.05, 4.69) is 58.3 Å². The number of piperidine rings is 1. The molecule has 7 heteroatoms. The largest absolute Gasteiger partial charge is 0.478 e. The van der Waals surface area contributed by atoms with Gasteiger partial charge in [0, 0.05) is 23.5 Å². The molecule has 3 aromatic heterocycles. The number of nitrogens with zero attached hydrogens (tertiary/aromatic N) is 3. The Labute approximate surface area is 187 Å². The number of anilines is 1. The van der Waals surface area contributed by atoms with Gasteiger partial charge in [0.1, 0.15) is 12.4 Å². The molecule has 7 nitrogen and oxygen atoms in total. The van der Waals surface area contributed by atoms with Crippen molar-refractivity contribution in [2.24, 2.45) is 0 Å². The highest BCUT2D eigenvalue weighted by Gasteiger charge is 2.22. The molecule has 0 saturated carbocycles. The lowest BCUT2D eigenvalue weighted by molar-refractivity contribution is 0.226. The summed E-state index contributed by atoms with van der Waals surface area (Å²) in [5.41, 5.74) is 12.3. The van der Waals surface area contributed by atoms with Crippen LogP contribution < -0.4 is 15.8 Å². The molecule has 1 aliphatic heterocycles. The van der Waals surface area contributed by atoms with Crippen molar-refractivity contribution >= 4 is 16.8 Å².